The van der Waals surface area contributed by atoms with Crippen LogP contribution in [0.1, 0.15) is 39.5 Å². The Balaban J connectivity index is 2.42. The van der Waals surface area contributed by atoms with E-state index < -0.39 is 0 Å². The molecule has 2 unspecified atom stereocenters. The van der Waals surface area contributed by atoms with Gasteiger partial charge in [0.15, 0.2) is 0 Å². The summed E-state index contributed by atoms with van der Waals surface area (Å²) >= 11 is 0. The van der Waals surface area contributed by atoms with E-state index in [1.807, 2.05) is 0 Å². The average Bonchev–Trinajstić information content (AvgIpc) is 1.95. The second-order valence-corrected chi connectivity index (χ2v) is 3.51. The third-order valence-corrected chi connectivity index (χ3v) is 2.90. The molecule has 1 fully saturated rings. The summed E-state index contributed by atoms with van der Waals surface area (Å²) in [7, 11) is 2.26. The van der Waals surface area contributed by atoms with Gasteiger partial charge in [0, 0.05) is 12.1 Å². The van der Waals surface area contributed by atoms with Crippen molar-refractivity contribution >= 4 is 0 Å². The summed E-state index contributed by atoms with van der Waals surface area (Å²) in [5.41, 5.74) is 0. The number of hydrogen-bond donors (Lipinski definition) is 0. The average molecular weight is 141 g/mol. The maximum absolute atomic E-state index is 2.53. The molecule has 0 radical (unpaired) electrons. The minimum atomic E-state index is 0.818. The first-order valence-corrected chi connectivity index (χ1v) is 4.47. The summed E-state index contributed by atoms with van der Waals surface area (Å²) in [5.74, 6) is 0. The number of rotatable bonds is 1. The van der Waals surface area contributed by atoms with Crippen molar-refractivity contribution in [3.8, 4) is 0 Å². The Hall–Kier alpha value is -0.0400. The summed E-state index contributed by atoms with van der Waals surface area (Å²) in [6.45, 7) is 4.63. The molecule has 0 N–H and O–H groups in total. The molecule has 0 saturated carbocycles. The fourth-order valence-corrected chi connectivity index (χ4v) is 1.91. The van der Waals surface area contributed by atoms with Gasteiger partial charge >= 0.3 is 0 Å². The summed E-state index contributed by atoms with van der Waals surface area (Å²) < 4.78 is 0. The highest BCUT2D eigenvalue weighted by Crippen LogP contribution is 2.22. The van der Waals surface area contributed by atoms with Crippen LogP contribution in [0.3, 0.4) is 0 Å². The number of nitrogens with zero attached hydrogens (tertiary/aromatic N) is 1. The molecule has 1 aliphatic heterocycles. The highest BCUT2D eigenvalue weighted by atomic mass is 15.2. The van der Waals surface area contributed by atoms with E-state index in [0.717, 1.165) is 12.1 Å². The van der Waals surface area contributed by atoms with Crippen LogP contribution in [0.15, 0.2) is 0 Å². The SMILES string of the molecule is CCC1CCCC(C)N1C. The van der Waals surface area contributed by atoms with E-state index in [1.165, 1.54) is 25.7 Å². The number of hydrogen-bond acceptors (Lipinski definition) is 1. The van der Waals surface area contributed by atoms with Crippen LogP contribution in [-0.4, -0.2) is 24.0 Å². The van der Waals surface area contributed by atoms with E-state index >= 15 is 0 Å². The van der Waals surface area contributed by atoms with Crippen LogP contribution in [-0.2, 0) is 0 Å². The number of likely N-dealkylation sites (tertiary alicyclic amines) is 1. The monoisotopic (exact) mass is 141 g/mol. The molecule has 0 aromatic carbocycles. The topological polar surface area (TPSA) is 3.24 Å². The largest absolute Gasteiger partial charge is 0.301 e. The van der Waals surface area contributed by atoms with Crippen LogP contribution in [0.4, 0.5) is 0 Å². The van der Waals surface area contributed by atoms with Crippen molar-refractivity contribution in [3.63, 3.8) is 0 Å². The molecule has 1 rings (SSSR count). The highest BCUT2D eigenvalue weighted by molar-refractivity contribution is 4.78. The summed E-state index contributed by atoms with van der Waals surface area (Å²) in [6.07, 6.45) is 5.56. The van der Waals surface area contributed by atoms with Crippen molar-refractivity contribution in [2.75, 3.05) is 7.05 Å². The minimum Gasteiger partial charge on any atom is -0.301 e. The lowest BCUT2D eigenvalue weighted by Crippen LogP contribution is -2.41. The van der Waals surface area contributed by atoms with Crippen LogP contribution >= 0.6 is 0 Å². The second-order valence-electron chi connectivity index (χ2n) is 3.51. The Bertz CT molecular complexity index is 101. The summed E-state index contributed by atoms with van der Waals surface area (Å²) in [5, 5.41) is 0. The molecular formula is C9H19N. The van der Waals surface area contributed by atoms with Gasteiger partial charge in [-0.15, -0.1) is 0 Å². The van der Waals surface area contributed by atoms with E-state index in [-0.39, 0.29) is 0 Å². The van der Waals surface area contributed by atoms with Crippen molar-refractivity contribution < 1.29 is 0 Å². The normalized spacial score (nSPS) is 36.3. The van der Waals surface area contributed by atoms with Crippen molar-refractivity contribution in [2.45, 2.75) is 51.6 Å². The molecule has 1 nitrogen and oxygen atoms in total. The van der Waals surface area contributed by atoms with E-state index in [1.54, 1.807) is 0 Å². The van der Waals surface area contributed by atoms with Gasteiger partial charge in [0.1, 0.15) is 0 Å². The Morgan fingerprint density at radius 1 is 1.40 bits per heavy atom. The Labute approximate surface area is 64.4 Å². The van der Waals surface area contributed by atoms with Crippen LogP contribution < -0.4 is 0 Å². The van der Waals surface area contributed by atoms with Crippen LogP contribution in [0, 0.1) is 0 Å². The standard InChI is InChI=1S/C9H19N/c1-4-9-7-5-6-8(2)10(9)3/h8-9H,4-7H2,1-3H3. The molecule has 1 heteroatoms. The van der Waals surface area contributed by atoms with Crippen LogP contribution in [0.25, 0.3) is 0 Å². The second kappa shape index (κ2) is 3.38. The lowest BCUT2D eigenvalue weighted by Gasteiger charge is -2.37. The molecule has 0 amide bonds. The van der Waals surface area contributed by atoms with Gasteiger partial charge in [-0.1, -0.05) is 13.3 Å². The molecule has 60 valence electrons. The van der Waals surface area contributed by atoms with Gasteiger partial charge in [-0.05, 0) is 33.2 Å². The third-order valence-electron chi connectivity index (χ3n) is 2.90. The zero-order valence-electron chi connectivity index (χ0n) is 7.43. The molecule has 0 aromatic heterocycles. The Morgan fingerprint density at radius 2 is 2.10 bits per heavy atom. The Morgan fingerprint density at radius 3 is 2.60 bits per heavy atom. The van der Waals surface area contributed by atoms with Crippen LogP contribution in [0.5, 0.6) is 0 Å². The van der Waals surface area contributed by atoms with Gasteiger partial charge in [0.2, 0.25) is 0 Å². The molecule has 0 bridgehead atoms. The first-order chi connectivity index (χ1) is 4.75. The van der Waals surface area contributed by atoms with Crippen molar-refractivity contribution in [1.82, 2.24) is 4.90 Å². The zero-order valence-corrected chi connectivity index (χ0v) is 7.43. The quantitative estimate of drug-likeness (QED) is 0.541. The lowest BCUT2D eigenvalue weighted by atomic mass is 9.96. The molecule has 0 aromatic rings. The molecule has 1 saturated heterocycles. The first-order valence-electron chi connectivity index (χ1n) is 4.47. The summed E-state index contributed by atoms with van der Waals surface area (Å²) in [6, 6.07) is 1.68. The van der Waals surface area contributed by atoms with E-state index in [4.69, 9.17) is 0 Å². The fraction of sp³-hybridized carbons (Fsp3) is 1.00. The zero-order chi connectivity index (χ0) is 7.56. The van der Waals surface area contributed by atoms with Gasteiger partial charge in [0.25, 0.3) is 0 Å². The maximum Gasteiger partial charge on any atom is 0.00924 e. The molecule has 0 aliphatic carbocycles. The maximum atomic E-state index is 2.53. The molecule has 2 atom stereocenters. The van der Waals surface area contributed by atoms with Gasteiger partial charge in [-0.2, -0.15) is 0 Å². The van der Waals surface area contributed by atoms with Crippen molar-refractivity contribution in [1.29, 1.82) is 0 Å². The number of piperidine rings is 1. The van der Waals surface area contributed by atoms with Gasteiger partial charge in [-0.25, -0.2) is 0 Å². The predicted octanol–water partition coefficient (Wildman–Crippen LogP) is 2.27. The first kappa shape index (κ1) is 8.06. The fourth-order valence-electron chi connectivity index (χ4n) is 1.91. The molecule has 1 aliphatic rings. The van der Waals surface area contributed by atoms with Crippen molar-refractivity contribution in [2.24, 2.45) is 0 Å². The molecule has 1 heterocycles. The minimum absolute atomic E-state index is 0.818. The predicted molar refractivity (Wildman–Crippen MR) is 45.2 cm³/mol. The molecule has 10 heavy (non-hydrogen) atoms. The van der Waals surface area contributed by atoms with E-state index in [0.29, 0.717) is 0 Å². The van der Waals surface area contributed by atoms with Gasteiger partial charge in [0.05, 0.1) is 0 Å². The summed E-state index contributed by atoms with van der Waals surface area (Å²) in [4.78, 5) is 2.53. The van der Waals surface area contributed by atoms with Crippen molar-refractivity contribution in [3.05, 3.63) is 0 Å². The smallest absolute Gasteiger partial charge is 0.00924 e. The van der Waals surface area contributed by atoms with Gasteiger partial charge < -0.3 is 4.90 Å². The highest BCUT2D eigenvalue weighted by Gasteiger charge is 2.22. The van der Waals surface area contributed by atoms with Gasteiger partial charge in [-0.3, -0.25) is 0 Å². The Kier molecular flexibility index (Phi) is 2.72. The molecular weight excluding hydrogens is 122 g/mol. The van der Waals surface area contributed by atoms with E-state index in [9.17, 15) is 0 Å². The van der Waals surface area contributed by atoms with E-state index in [2.05, 4.69) is 25.8 Å². The third kappa shape index (κ3) is 1.51. The molecule has 0 spiro atoms. The lowest BCUT2D eigenvalue weighted by molar-refractivity contribution is 0.123. The van der Waals surface area contributed by atoms with Crippen LogP contribution in [0.2, 0.25) is 0 Å².